The molecular formula is C15H24N4O8. The minimum absolute atomic E-state index is 0.410. The van der Waals surface area contributed by atoms with Gasteiger partial charge in [0.05, 0.1) is 19.8 Å². The number of ether oxygens (including phenoxy) is 3. The van der Waals surface area contributed by atoms with Crippen molar-refractivity contribution in [1.82, 2.24) is 5.32 Å². The number of amides is 1. The Balaban J connectivity index is 3.09. The molecule has 0 aromatic heterocycles. The molecule has 1 aliphatic heterocycles. The number of rotatable bonds is 6. The van der Waals surface area contributed by atoms with Gasteiger partial charge in [0.1, 0.15) is 23.9 Å². The van der Waals surface area contributed by atoms with Gasteiger partial charge in [0.25, 0.3) is 0 Å². The molecule has 12 nitrogen and oxygen atoms in total. The highest BCUT2D eigenvalue weighted by Gasteiger charge is 2.44. The summed E-state index contributed by atoms with van der Waals surface area (Å²) in [5.74, 6) is -1.33. The van der Waals surface area contributed by atoms with E-state index in [1.54, 1.807) is 20.8 Å². The zero-order valence-electron chi connectivity index (χ0n) is 15.4. The molecule has 0 saturated heterocycles. The van der Waals surface area contributed by atoms with Crippen LogP contribution in [0.3, 0.4) is 0 Å². The van der Waals surface area contributed by atoms with E-state index in [4.69, 9.17) is 15.0 Å². The van der Waals surface area contributed by atoms with Crippen molar-refractivity contribution in [3.05, 3.63) is 22.3 Å². The van der Waals surface area contributed by atoms with Gasteiger partial charge in [-0.25, -0.2) is 9.59 Å². The lowest BCUT2D eigenvalue weighted by atomic mass is 9.94. The molecule has 4 N–H and O–H groups in total. The molecule has 12 heteroatoms. The fourth-order valence-corrected chi connectivity index (χ4v) is 2.27. The smallest absolute Gasteiger partial charge is 0.408 e. The standard InChI is InChI=1S/C15H24N4O8/c1-15(2,3)27-14(24)18-10-7(20)5-9(13(23)25-4)26-12(10)11(22)8(21)6-17-19-16/h5,7-8,10-12,20-22H,6H2,1-4H3,(H,18,24)/t7-,8+,10+,11-,12+/m0/s1. The number of carbonyl (C=O) groups excluding carboxylic acids is 2. The zero-order chi connectivity index (χ0) is 20.8. The van der Waals surface area contributed by atoms with E-state index in [2.05, 4.69) is 20.1 Å². The molecule has 5 atom stereocenters. The second kappa shape index (κ2) is 9.42. The number of aliphatic hydroxyl groups excluding tert-OH is 3. The molecule has 0 spiro atoms. The first-order valence-electron chi connectivity index (χ1n) is 8.01. The number of aliphatic hydroxyl groups is 3. The maximum atomic E-state index is 12.0. The fourth-order valence-electron chi connectivity index (χ4n) is 2.27. The molecule has 1 rings (SSSR count). The van der Waals surface area contributed by atoms with Crippen LogP contribution in [-0.2, 0) is 19.0 Å². The summed E-state index contributed by atoms with van der Waals surface area (Å²) in [5, 5.41) is 36.1. The van der Waals surface area contributed by atoms with Gasteiger partial charge in [-0.3, -0.25) is 0 Å². The molecule has 1 aliphatic rings. The van der Waals surface area contributed by atoms with Crippen molar-refractivity contribution >= 4 is 12.1 Å². The number of nitrogens with zero attached hydrogens (tertiary/aromatic N) is 3. The van der Waals surface area contributed by atoms with Gasteiger partial charge >= 0.3 is 12.1 Å². The van der Waals surface area contributed by atoms with Gasteiger partial charge in [-0.05, 0) is 32.4 Å². The topological polar surface area (TPSA) is 183 Å². The van der Waals surface area contributed by atoms with E-state index in [1.165, 1.54) is 0 Å². The summed E-state index contributed by atoms with van der Waals surface area (Å²) in [4.78, 5) is 26.2. The van der Waals surface area contributed by atoms with Crippen LogP contribution in [0.1, 0.15) is 20.8 Å². The number of hydrogen-bond donors (Lipinski definition) is 4. The highest BCUT2D eigenvalue weighted by Crippen LogP contribution is 2.24. The molecule has 152 valence electrons. The Hall–Kier alpha value is -2.53. The third kappa shape index (κ3) is 6.61. The number of alkyl carbamates (subject to hydrolysis) is 1. The summed E-state index contributed by atoms with van der Waals surface area (Å²) < 4.78 is 14.9. The van der Waals surface area contributed by atoms with Gasteiger partial charge in [0, 0.05) is 4.91 Å². The Bertz CT molecular complexity index is 626. The molecule has 0 radical (unpaired) electrons. The molecule has 27 heavy (non-hydrogen) atoms. The lowest BCUT2D eigenvalue weighted by Crippen LogP contribution is -2.60. The summed E-state index contributed by atoms with van der Waals surface area (Å²) in [6.07, 6.45) is -6.15. The number of hydrogen-bond acceptors (Lipinski definition) is 9. The van der Waals surface area contributed by atoms with Crippen LogP contribution >= 0.6 is 0 Å². The summed E-state index contributed by atoms with van der Waals surface area (Å²) >= 11 is 0. The fraction of sp³-hybridized carbons (Fsp3) is 0.733. The monoisotopic (exact) mass is 388 g/mol. The van der Waals surface area contributed by atoms with Gasteiger partial charge in [0.15, 0.2) is 6.10 Å². The lowest BCUT2D eigenvalue weighted by molar-refractivity contribution is -0.149. The Morgan fingerprint density at radius 3 is 2.59 bits per heavy atom. The largest absolute Gasteiger partial charge is 0.478 e. The average molecular weight is 388 g/mol. The maximum Gasteiger partial charge on any atom is 0.408 e. The van der Waals surface area contributed by atoms with E-state index >= 15 is 0 Å². The van der Waals surface area contributed by atoms with Gasteiger partial charge in [-0.2, -0.15) is 0 Å². The predicted molar refractivity (Wildman–Crippen MR) is 90.2 cm³/mol. The Morgan fingerprint density at radius 1 is 1.44 bits per heavy atom. The Kier molecular flexibility index (Phi) is 7.85. The van der Waals surface area contributed by atoms with E-state index in [0.717, 1.165) is 13.2 Å². The molecule has 1 heterocycles. The molecule has 1 amide bonds. The first-order chi connectivity index (χ1) is 12.5. The molecule has 0 aromatic carbocycles. The minimum Gasteiger partial charge on any atom is -0.478 e. The number of carbonyl (C=O) groups is 2. The van der Waals surface area contributed by atoms with Crippen molar-refractivity contribution in [3.63, 3.8) is 0 Å². The summed E-state index contributed by atoms with van der Waals surface area (Å²) in [7, 11) is 1.09. The number of nitrogens with one attached hydrogen (secondary N) is 1. The van der Waals surface area contributed by atoms with E-state index in [-0.39, 0.29) is 0 Å². The minimum atomic E-state index is -1.72. The van der Waals surface area contributed by atoms with Crippen molar-refractivity contribution in [3.8, 4) is 0 Å². The first-order valence-corrected chi connectivity index (χ1v) is 8.01. The molecular weight excluding hydrogens is 364 g/mol. The van der Waals surface area contributed by atoms with E-state index < -0.39 is 60.4 Å². The van der Waals surface area contributed by atoms with Gasteiger partial charge < -0.3 is 34.8 Å². The van der Waals surface area contributed by atoms with Crippen LogP contribution < -0.4 is 5.32 Å². The number of methoxy groups -OCH3 is 1. The normalized spacial score (nSPS) is 24.4. The van der Waals surface area contributed by atoms with Crippen molar-refractivity contribution in [2.75, 3.05) is 13.7 Å². The van der Waals surface area contributed by atoms with Crippen LogP contribution in [-0.4, -0.2) is 77.1 Å². The van der Waals surface area contributed by atoms with Crippen LogP contribution in [0.25, 0.3) is 10.4 Å². The van der Waals surface area contributed by atoms with Crippen molar-refractivity contribution in [2.24, 2.45) is 5.11 Å². The van der Waals surface area contributed by atoms with Crippen LogP contribution in [0.5, 0.6) is 0 Å². The number of azide groups is 1. The number of esters is 1. The highest BCUT2D eigenvalue weighted by molar-refractivity contribution is 5.86. The van der Waals surface area contributed by atoms with E-state index in [9.17, 15) is 24.9 Å². The van der Waals surface area contributed by atoms with Crippen LogP contribution in [0.2, 0.25) is 0 Å². The second-order valence-corrected chi connectivity index (χ2v) is 6.74. The predicted octanol–water partition coefficient (Wildman–Crippen LogP) is -0.272. The lowest BCUT2D eigenvalue weighted by Gasteiger charge is -2.38. The third-order valence-corrected chi connectivity index (χ3v) is 3.44. The molecule has 0 saturated carbocycles. The zero-order valence-corrected chi connectivity index (χ0v) is 15.4. The Labute approximate surface area is 155 Å². The van der Waals surface area contributed by atoms with Crippen molar-refractivity contribution < 1.29 is 39.1 Å². The quantitative estimate of drug-likeness (QED) is 0.207. The average Bonchev–Trinajstić information content (AvgIpc) is 2.58. The molecule has 0 aromatic rings. The van der Waals surface area contributed by atoms with Gasteiger partial charge in [-0.15, -0.1) is 0 Å². The summed E-state index contributed by atoms with van der Waals surface area (Å²) in [6.45, 7) is 4.40. The van der Waals surface area contributed by atoms with Crippen LogP contribution in [0.15, 0.2) is 16.9 Å². The first kappa shape index (κ1) is 22.5. The van der Waals surface area contributed by atoms with Crippen LogP contribution in [0.4, 0.5) is 4.79 Å². The SMILES string of the molecule is COC(=O)C1=C[C@H](O)[C@@H](NC(=O)OC(C)(C)C)[C@H]([C@@H](O)[C@H](O)CN=[N+]=[N-])O1. The highest BCUT2D eigenvalue weighted by atomic mass is 16.6. The molecule has 0 bridgehead atoms. The summed E-state index contributed by atoms with van der Waals surface area (Å²) in [6, 6.07) is -1.27. The maximum absolute atomic E-state index is 12.0. The van der Waals surface area contributed by atoms with Crippen LogP contribution in [0, 0.1) is 0 Å². The van der Waals surface area contributed by atoms with Crippen molar-refractivity contribution in [2.45, 2.75) is 56.8 Å². The Morgan fingerprint density at radius 2 is 2.07 bits per heavy atom. The van der Waals surface area contributed by atoms with Gasteiger partial charge in [0.2, 0.25) is 5.76 Å². The third-order valence-electron chi connectivity index (χ3n) is 3.44. The molecule has 0 aliphatic carbocycles. The molecule has 0 unspecified atom stereocenters. The molecule has 0 fully saturated rings. The van der Waals surface area contributed by atoms with E-state index in [1.807, 2.05) is 0 Å². The second-order valence-electron chi connectivity index (χ2n) is 6.74. The van der Waals surface area contributed by atoms with Gasteiger partial charge in [-0.1, -0.05) is 5.11 Å². The van der Waals surface area contributed by atoms with Crippen molar-refractivity contribution in [1.29, 1.82) is 0 Å². The van der Waals surface area contributed by atoms with E-state index in [0.29, 0.717) is 0 Å². The summed E-state index contributed by atoms with van der Waals surface area (Å²) in [5.41, 5.74) is 7.50.